The molecule has 1 unspecified atom stereocenters. The standard InChI is InChI=1S/C12H14O4/c1-3-12(14)16-15-11-7-5-4-6-10(11)8-9(2)13/h3-7,9,13H,1,8H2,2H3. The summed E-state index contributed by atoms with van der Waals surface area (Å²) >= 11 is 0. The van der Waals surface area contributed by atoms with E-state index in [1.807, 2.05) is 6.07 Å². The Hall–Kier alpha value is -1.81. The Morgan fingerprint density at radius 2 is 2.25 bits per heavy atom. The number of carbonyl (C=O) groups is 1. The molecule has 0 bridgehead atoms. The second-order valence-electron chi connectivity index (χ2n) is 3.35. The third kappa shape index (κ3) is 3.74. The van der Waals surface area contributed by atoms with Gasteiger partial charge in [-0.15, -0.1) is 0 Å². The van der Waals surface area contributed by atoms with Crippen molar-refractivity contribution < 1.29 is 19.7 Å². The summed E-state index contributed by atoms with van der Waals surface area (Å²) in [6.07, 6.45) is 0.957. The minimum Gasteiger partial charge on any atom is -0.393 e. The molecule has 1 atom stereocenters. The van der Waals surface area contributed by atoms with Gasteiger partial charge in [-0.2, -0.15) is 0 Å². The molecule has 1 rings (SSSR count). The zero-order chi connectivity index (χ0) is 12.0. The van der Waals surface area contributed by atoms with Gasteiger partial charge in [0.05, 0.1) is 6.10 Å². The Morgan fingerprint density at radius 1 is 1.56 bits per heavy atom. The molecule has 4 heteroatoms. The lowest BCUT2D eigenvalue weighted by Gasteiger charge is -2.09. The molecular formula is C12H14O4. The molecule has 0 aliphatic heterocycles. The van der Waals surface area contributed by atoms with Crippen molar-refractivity contribution >= 4 is 5.97 Å². The molecule has 4 nitrogen and oxygen atoms in total. The average molecular weight is 222 g/mol. The molecule has 16 heavy (non-hydrogen) atoms. The van der Waals surface area contributed by atoms with Gasteiger partial charge < -0.3 is 5.11 Å². The van der Waals surface area contributed by atoms with Gasteiger partial charge in [0, 0.05) is 18.1 Å². The van der Waals surface area contributed by atoms with E-state index < -0.39 is 12.1 Å². The van der Waals surface area contributed by atoms with E-state index in [9.17, 15) is 9.90 Å². The Labute approximate surface area is 94.0 Å². The zero-order valence-electron chi connectivity index (χ0n) is 9.05. The highest BCUT2D eigenvalue weighted by molar-refractivity contribution is 5.80. The summed E-state index contributed by atoms with van der Waals surface area (Å²) < 4.78 is 0. The molecule has 0 saturated carbocycles. The number of benzene rings is 1. The summed E-state index contributed by atoms with van der Waals surface area (Å²) in [7, 11) is 0. The van der Waals surface area contributed by atoms with E-state index >= 15 is 0 Å². The van der Waals surface area contributed by atoms with Crippen molar-refractivity contribution in [1.82, 2.24) is 0 Å². The van der Waals surface area contributed by atoms with Crippen molar-refractivity contribution in [2.24, 2.45) is 0 Å². The summed E-state index contributed by atoms with van der Waals surface area (Å²) in [4.78, 5) is 20.1. The van der Waals surface area contributed by atoms with Gasteiger partial charge in [-0.05, 0) is 13.0 Å². The number of hydrogen-bond acceptors (Lipinski definition) is 4. The minimum absolute atomic E-state index is 0.415. The van der Waals surface area contributed by atoms with Crippen LogP contribution < -0.4 is 4.89 Å². The molecule has 0 spiro atoms. The molecule has 0 fully saturated rings. The number of rotatable bonds is 5. The van der Waals surface area contributed by atoms with Gasteiger partial charge in [0.25, 0.3) is 0 Å². The van der Waals surface area contributed by atoms with Crippen molar-refractivity contribution in [2.45, 2.75) is 19.4 Å². The van der Waals surface area contributed by atoms with Crippen LogP contribution >= 0.6 is 0 Å². The molecule has 0 aromatic heterocycles. The van der Waals surface area contributed by atoms with Crippen LogP contribution in [0.25, 0.3) is 0 Å². The smallest absolute Gasteiger partial charge is 0.378 e. The van der Waals surface area contributed by atoms with Crippen LogP contribution in [0, 0.1) is 0 Å². The highest BCUT2D eigenvalue weighted by atomic mass is 17.2. The van der Waals surface area contributed by atoms with Gasteiger partial charge in [-0.25, -0.2) is 9.68 Å². The molecule has 0 aliphatic carbocycles. The van der Waals surface area contributed by atoms with E-state index in [0.29, 0.717) is 12.2 Å². The zero-order valence-corrected chi connectivity index (χ0v) is 9.05. The normalized spacial score (nSPS) is 11.6. The van der Waals surface area contributed by atoms with Gasteiger partial charge in [-0.3, -0.25) is 4.89 Å². The van der Waals surface area contributed by atoms with E-state index in [0.717, 1.165) is 11.6 Å². The van der Waals surface area contributed by atoms with Crippen LogP contribution in [0.4, 0.5) is 0 Å². The first-order valence-electron chi connectivity index (χ1n) is 4.90. The first kappa shape index (κ1) is 12.3. The molecule has 0 heterocycles. The lowest BCUT2D eigenvalue weighted by molar-refractivity contribution is -0.207. The molecule has 0 radical (unpaired) electrons. The van der Waals surface area contributed by atoms with Crippen molar-refractivity contribution in [3.05, 3.63) is 42.5 Å². The fourth-order valence-electron chi connectivity index (χ4n) is 1.19. The van der Waals surface area contributed by atoms with Gasteiger partial charge in [-0.1, -0.05) is 24.8 Å². The first-order valence-corrected chi connectivity index (χ1v) is 4.90. The molecule has 86 valence electrons. The predicted molar refractivity (Wildman–Crippen MR) is 58.7 cm³/mol. The Kier molecular flexibility index (Phi) is 4.54. The van der Waals surface area contributed by atoms with Crippen LogP contribution in [0.1, 0.15) is 12.5 Å². The number of aliphatic hydroxyl groups is 1. The maximum atomic E-state index is 10.8. The molecule has 0 aliphatic rings. The fraction of sp³-hybridized carbons (Fsp3) is 0.250. The average Bonchev–Trinajstić information content (AvgIpc) is 2.26. The number of para-hydroxylation sites is 1. The van der Waals surface area contributed by atoms with Crippen LogP contribution in [0.3, 0.4) is 0 Å². The summed E-state index contributed by atoms with van der Waals surface area (Å²) in [5.74, 6) is -0.245. The Balaban J connectivity index is 2.70. The predicted octanol–water partition coefficient (Wildman–Crippen LogP) is 1.63. The SMILES string of the molecule is C=CC(=O)OOc1ccccc1CC(C)O. The molecule has 0 amide bonds. The van der Waals surface area contributed by atoms with Crippen LogP contribution in [0.2, 0.25) is 0 Å². The lowest BCUT2D eigenvalue weighted by atomic mass is 10.1. The third-order valence-corrected chi connectivity index (χ3v) is 1.87. The van der Waals surface area contributed by atoms with Gasteiger partial charge in [0.2, 0.25) is 0 Å². The van der Waals surface area contributed by atoms with Crippen molar-refractivity contribution in [3.8, 4) is 5.75 Å². The van der Waals surface area contributed by atoms with Crippen molar-refractivity contribution in [1.29, 1.82) is 0 Å². The summed E-state index contributed by atoms with van der Waals surface area (Å²) in [6.45, 7) is 4.92. The van der Waals surface area contributed by atoms with E-state index in [1.165, 1.54) is 0 Å². The second kappa shape index (κ2) is 5.92. The quantitative estimate of drug-likeness (QED) is 0.467. The highest BCUT2D eigenvalue weighted by Crippen LogP contribution is 2.19. The largest absolute Gasteiger partial charge is 0.393 e. The molecule has 1 aromatic carbocycles. The maximum Gasteiger partial charge on any atom is 0.378 e. The highest BCUT2D eigenvalue weighted by Gasteiger charge is 2.08. The van der Waals surface area contributed by atoms with Gasteiger partial charge in [0.1, 0.15) is 0 Å². The maximum absolute atomic E-state index is 10.8. The lowest BCUT2D eigenvalue weighted by Crippen LogP contribution is -2.09. The van der Waals surface area contributed by atoms with E-state index in [-0.39, 0.29) is 0 Å². The minimum atomic E-state index is -0.660. The molecule has 1 N–H and O–H groups in total. The molecule has 1 aromatic rings. The molecular weight excluding hydrogens is 208 g/mol. The monoisotopic (exact) mass is 222 g/mol. The van der Waals surface area contributed by atoms with E-state index in [2.05, 4.69) is 11.5 Å². The van der Waals surface area contributed by atoms with E-state index in [4.69, 9.17) is 4.89 Å². The van der Waals surface area contributed by atoms with Crippen LogP contribution in [-0.2, 0) is 16.1 Å². The van der Waals surface area contributed by atoms with Crippen molar-refractivity contribution in [3.63, 3.8) is 0 Å². The number of aliphatic hydroxyl groups excluding tert-OH is 1. The van der Waals surface area contributed by atoms with Crippen LogP contribution in [0.5, 0.6) is 5.75 Å². The second-order valence-corrected chi connectivity index (χ2v) is 3.35. The first-order chi connectivity index (χ1) is 7.63. The Morgan fingerprint density at radius 3 is 2.88 bits per heavy atom. The summed E-state index contributed by atoms with van der Waals surface area (Å²) in [5.41, 5.74) is 0.773. The summed E-state index contributed by atoms with van der Waals surface area (Å²) in [6, 6.07) is 7.03. The molecule has 0 saturated heterocycles. The summed E-state index contributed by atoms with van der Waals surface area (Å²) in [5, 5.41) is 9.27. The topological polar surface area (TPSA) is 55.8 Å². The third-order valence-electron chi connectivity index (χ3n) is 1.87. The van der Waals surface area contributed by atoms with Crippen LogP contribution in [0.15, 0.2) is 36.9 Å². The van der Waals surface area contributed by atoms with Gasteiger partial charge >= 0.3 is 5.97 Å². The van der Waals surface area contributed by atoms with Crippen LogP contribution in [-0.4, -0.2) is 17.2 Å². The number of hydrogen-bond donors (Lipinski definition) is 1. The number of carbonyl (C=O) groups excluding carboxylic acids is 1. The Bertz CT molecular complexity index is 371. The van der Waals surface area contributed by atoms with Crippen molar-refractivity contribution in [2.75, 3.05) is 0 Å². The van der Waals surface area contributed by atoms with Gasteiger partial charge in [0.15, 0.2) is 5.75 Å². The van der Waals surface area contributed by atoms with E-state index in [1.54, 1.807) is 25.1 Å². The fourth-order valence-corrected chi connectivity index (χ4v) is 1.19.